The molecule has 3 amide bonds. The molecule has 0 radical (unpaired) electrons. The maximum atomic E-state index is 13.4. The van der Waals surface area contributed by atoms with Crippen molar-refractivity contribution >= 4 is 46.6 Å². The van der Waals surface area contributed by atoms with Gasteiger partial charge in [-0.05, 0) is 79.9 Å². The average Bonchev–Trinajstić information content (AvgIpc) is 3.27. The number of amides is 3. The number of likely N-dealkylation sites (N-methyl/N-ethyl adjacent to an activating group) is 1. The number of benzene rings is 4. The lowest BCUT2D eigenvalue weighted by atomic mass is 9.98. The van der Waals surface area contributed by atoms with E-state index in [0.717, 1.165) is 11.1 Å². The first kappa shape index (κ1) is 45.9. The van der Waals surface area contributed by atoms with E-state index in [0.29, 0.717) is 83.5 Å². The standard InChI is InChI=1S/C47H46ClN3O12/c1-4-60-42-26-44-36(24-35(42)31-21-29(2)20-30(22-31)27-49)40(53)25-43(63-44)34-9-8-32(23-38(34)48)61-18-16-58-14-12-57-13-15-59-17-19-62-41-7-5-6-33(37(41)28-52)47(56)51(3)39-10-11-45(54)50-46(39)55/h5-9,20-26,28,39H,4,10-19H2,1-3H3,(H,50,54,55). The van der Waals surface area contributed by atoms with Gasteiger partial charge in [-0.2, -0.15) is 5.26 Å². The summed E-state index contributed by atoms with van der Waals surface area (Å²) in [6.45, 7) is 6.26. The lowest BCUT2D eigenvalue weighted by molar-refractivity contribution is -0.136. The fourth-order valence-electron chi connectivity index (χ4n) is 6.94. The Bertz CT molecular complexity index is 2590. The van der Waals surface area contributed by atoms with Crippen molar-refractivity contribution in [3.8, 4) is 45.8 Å². The molecular formula is C47H46ClN3O12. The molecule has 1 unspecified atom stereocenters. The molecule has 1 saturated heterocycles. The van der Waals surface area contributed by atoms with E-state index in [2.05, 4.69) is 11.4 Å². The SMILES string of the molecule is CCOc1cc2oc(-c3ccc(OCCOCCOCCOCCOc4cccc(C(=O)N(C)C5CCC(=O)NC5=O)c4C=O)cc3Cl)cc(=O)c2cc1-c1cc(C)cc(C#N)c1. The highest BCUT2D eigenvalue weighted by Crippen LogP contribution is 2.37. The second-order valence-electron chi connectivity index (χ2n) is 14.3. The number of rotatable bonds is 21. The van der Waals surface area contributed by atoms with Gasteiger partial charge in [0.15, 0.2) is 11.7 Å². The van der Waals surface area contributed by atoms with E-state index in [9.17, 15) is 29.2 Å². The number of halogens is 1. The van der Waals surface area contributed by atoms with E-state index in [4.69, 9.17) is 44.4 Å². The maximum Gasteiger partial charge on any atom is 0.255 e. The molecule has 1 aliphatic heterocycles. The molecule has 6 rings (SSSR count). The van der Waals surface area contributed by atoms with Gasteiger partial charge in [0.2, 0.25) is 11.8 Å². The highest BCUT2D eigenvalue weighted by Gasteiger charge is 2.33. The lowest BCUT2D eigenvalue weighted by Gasteiger charge is -2.30. The minimum absolute atomic E-state index is 0.0509. The maximum absolute atomic E-state index is 13.4. The Morgan fingerprint density at radius 1 is 0.873 bits per heavy atom. The third-order valence-corrected chi connectivity index (χ3v) is 10.3. The number of fused-ring (bicyclic) bond motifs is 1. The molecule has 15 nitrogen and oxygen atoms in total. The largest absolute Gasteiger partial charge is 0.493 e. The molecule has 0 aliphatic carbocycles. The first-order valence-electron chi connectivity index (χ1n) is 20.3. The van der Waals surface area contributed by atoms with E-state index in [1.54, 1.807) is 54.6 Å². The van der Waals surface area contributed by atoms with Crippen LogP contribution in [0, 0.1) is 18.3 Å². The van der Waals surface area contributed by atoms with Crippen molar-refractivity contribution in [1.82, 2.24) is 10.2 Å². The third-order valence-electron chi connectivity index (χ3n) is 9.99. The van der Waals surface area contributed by atoms with E-state index in [-0.39, 0.29) is 73.2 Å². The van der Waals surface area contributed by atoms with Crippen LogP contribution in [0.3, 0.4) is 0 Å². The Kier molecular flexibility index (Phi) is 16.0. The third kappa shape index (κ3) is 11.7. The van der Waals surface area contributed by atoms with Gasteiger partial charge in [-0.1, -0.05) is 23.7 Å². The van der Waals surface area contributed by atoms with Gasteiger partial charge in [0.25, 0.3) is 5.91 Å². The molecule has 1 N–H and O–H groups in total. The van der Waals surface area contributed by atoms with Gasteiger partial charge < -0.3 is 37.7 Å². The zero-order chi connectivity index (χ0) is 44.9. The van der Waals surface area contributed by atoms with Crippen molar-refractivity contribution in [2.75, 3.05) is 66.5 Å². The van der Waals surface area contributed by atoms with Gasteiger partial charge in [0.05, 0.1) is 79.4 Å². The number of hydrogen-bond acceptors (Lipinski definition) is 13. The van der Waals surface area contributed by atoms with E-state index in [1.165, 1.54) is 24.1 Å². The minimum atomic E-state index is -0.829. The Labute approximate surface area is 368 Å². The smallest absolute Gasteiger partial charge is 0.255 e. The Morgan fingerprint density at radius 2 is 1.59 bits per heavy atom. The van der Waals surface area contributed by atoms with Gasteiger partial charge in [-0.25, -0.2) is 0 Å². The summed E-state index contributed by atoms with van der Waals surface area (Å²) in [5.41, 5.74) is 3.57. The molecule has 1 atom stereocenters. The Hall–Kier alpha value is -6.57. The van der Waals surface area contributed by atoms with Crippen molar-refractivity contribution in [3.63, 3.8) is 0 Å². The van der Waals surface area contributed by atoms with Crippen molar-refractivity contribution < 1.29 is 52.0 Å². The van der Waals surface area contributed by atoms with E-state index < -0.39 is 17.9 Å². The molecule has 16 heteroatoms. The van der Waals surface area contributed by atoms with Gasteiger partial charge in [0.1, 0.15) is 47.8 Å². The molecule has 1 fully saturated rings. The molecule has 0 bridgehead atoms. The van der Waals surface area contributed by atoms with Crippen molar-refractivity contribution in [2.24, 2.45) is 0 Å². The summed E-state index contributed by atoms with van der Waals surface area (Å²) >= 11 is 6.64. The molecule has 4 aromatic carbocycles. The zero-order valence-electron chi connectivity index (χ0n) is 35.0. The number of carbonyl (C=O) groups excluding carboxylic acids is 4. The number of imide groups is 1. The number of nitrogens with one attached hydrogen (secondary N) is 1. The topological polar surface area (TPSA) is 193 Å². The highest BCUT2D eigenvalue weighted by atomic mass is 35.5. The van der Waals surface area contributed by atoms with Crippen LogP contribution in [0.1, 0.15) is 51.6 Å². The van der Waals surface area contributed by atoms with Gasteiger partial charge in [-0.3, -0.25) is 29.3 Å². The van der Waals surface area contributed by atoms with Gasteiger partial charge in [0, 0.05) is 36.7 Å². The van der Waals surface area contributed by atoms with Crippen molar-refractivity contribution in [2.45, 2.75) is 32.7 Å². The molecule has 0 saturated carbocycles. The molecule has 1 aromatic heterocycles. The number of hydrogen-bond donors (Lipinski definition) is 1. The van der Waals surface area contributed by atoms with Crippen molar-refractivity contribution in [1.29, 1.82) is 5.26 Å². The number of ether oxygens (including phenoxy) is 6. The van der Waals surface area contributed by atoms with Crippen LogP contribution in [0.2, 0.25) is 5.02 Å². The van der Waals surface area contributed by atoms with Crippen LogP contribution in [0.25, 0.3) is 33.4 Å². The second kappa shape index (κ2) is 22.0. The molecule has 2 heterocycles. The summed E-state index contributed by atoms with van der Waals surface area (Å²) in [6, 6.07) is 21.4. The number of nitriles is 1. The van der Waals surface area contributed by atoms with Gasteiger partial charge in [-0.15, -0.1) is 0 Å². The zero-order valence-corrected chi connectivity index (χ0v) is 35.8. The van der Waals surface area contributed by atoms with Crippen LogP contribution >= 0.6 is 11.6 Å². The molecule has 328 valence electrons. The average molecular weight is 880 g/mol. The lowest BCUT2D eigenvalue weighted by Crippen LogP contribution is -2.53. The Morgan fingerprint density at radius 3 is 2.25 bits per heavy atom. The molecule has 63 heavy (non-hydrogen) atoms. The predicted octanol–water partition coefficient (Wildman–Crippen LogP) is 6.56. The van der Waals surface area contributed by atoms with Crippen LogP contribution < -0.4 is 25.0 Å². The molecular weight excluding hydrogens is 834 g/mol. The quantitative estimate of drug-likeness (QED) is 0.0474. The summed E-state index contributed by atoms with van der Waals surface area (Å²) in [7, 11) is 1.45. The number of aryl methyl sites for hydroxylation is 1. The number of piperidine rings is 1. The normalized spacial score (nSPS) is 13.6. The highest BCUT2D eigenvalue weighted by molar-refractivity contribution is 6.33. The summed E-state index contributed by atoms with van der Waals surface area (Å²) < 4.78 is 40.4. The first-order valence-corrected chi connectivity index (χ1v) is 20.6. The van der Waals surface area contributed by atoms with Crippen LogP contribution in [0.15, 0.2) is 82.0 Å². The number of nitrogens with zero attached hydrogens (tertiary/aromatic N) is 2. The summed E-state index contributed by atoms with van der Waals surface area (Å²) in [4.78, 5) is 63.5. The second-order valence-corrected chi connectivity index (χ2v) is 14.8. The number of carbonyl (C=O) groups is 4. The van der Waals surface area contributed by atoms with Crippen LogP contribution in [-0.4, -0.2) is 101 Å². The van der Waals surface area contributed by atoms with E-state index in [1.807, 2.05) is 19.9 Å². The van der Waals surface area contributed by atoms with Crippen LogP contribution in [0.4, 0.5) is 0 Å². The van der Waals surface area contributed by atoms with E-state index >= 15 is 0 Å². The van der Waals surface area contributed by atoms with Gasteiger partial charge >= 0.3 is 0 Å². The van der Waals surface area contributed by atoms with Crippen LogP contribution in [0.5, 0.6) is 17.2 Å². The summed E-state index contributed by atoms with van der Waals surface area (Å²) in [5.74, 6) is 0.0190. The fourth-order valence-corrected chi connectivity index (χ4v) is 7.20. The molecule has 1 aliphatic rings. The minimum Gasteiger partial charge on any atom is -0.493 e. The number of aldehydes is 1. The molecule has 5 aromatic rings. The summed E-state index contributed by atoms with van der Waals surface area (Å²) in [5, 5.41) is 12.4. The monoisotopic (exact) mass is 879 g/mol. The summed E-state index contributed by atoms with van der Waals surface area (Å²) in [6.07, 6.45) is 0.839. The predicted molar refractivity (Wildman–Crippen MR) is 233 cm³/mol. The fraction of sp³-hybridized carbons (Fsp3) is 0.319. The first-order chi connectivity index (χ1) is 30.5. The van der Waals surface area contributed by atoms with Crippen molar-refractivity contribution in [3.05, 3.63) is 110 Å². The molecule has 0 spiro atoms. The Balaban J connectivity index is 0.892. The van der Waals surface area contributed by atoms with Crippen LogP contribution in [-0.2, 0) is 23.8 Å².